The van der Waals surface area contributed by atoms with Gasteiger partial charge in [0.25, 0.3) is 0 Å². The van der Waals surface area contributed by atoms with Crippen LogP contribution in [0.2, 0.25) is 0 Å². The van der Waals surface area contributed by atoms with Crippen molar-refractivity contribution in [2.45, 2.75) is 44.7 Å². The van der Waals surface area contributed by atoms with Gasteiger partial charge in [-0.3, -0.25) is 4.79 Å². The highest BCUT2D eigenvalue weighted by atomic mass is 19.1. The van der Waals surface area contributed by atoms with E-state index in [1.54, 1.807) is 6.92 Å². The second-order valence-corrected chi connectivity index (χ2v) is 5.30. The third-order valence-corrected chi connectivity index (χ3v) is 4.06. The fourth-order valence-electron chi connectivity index (χ4n) is 2.79. The molecule has 1 aliphatic rings. The number of benzene rings is 1. The molecule has 1 aromatic carbocycles. The first-order chi connectivity index (χ1) is 9.50. The van der Waals surface area contributed by atoms with Crippen LogP contribution in [-0.4, -0.2) is 18.0 Å². The van der Waals surface area contributed by atoms with Gasteiger partial charge in [-0.2, -0.15) is 0 Å². The van der Waals surface area contributed by atoms with E-state index in [2.05, 4.69) is 10.6 Å². The maximum absolute atomic E-state index is 13.7. The average molecular weight is 282 g/mol. The molecule has 1 aromatic rings. The molecule has 0 radical (unpaired) electrons. The zero-order valence-corrected chi connectivity index (χ0v) is 11.8. The van der Waals surface area contributed by atoms with Gasteiger partial charge in [-0.05, 0) is 44.9 Å². The largest absolute Gasteiger partial charge is 0.348 e. The van der Waals surface area contributed by atoms with Crippen LogP contribution in [0.1, 0.15) is 44.7 Å². The minimum atomic E-state index is -0.700. The van der Waals surface area contributed by atoms with E-state index in [0.717, 1.165) is 19.4 Å². The van der Waals surface area contributed by atoms with Gasteiger partial charge in [-0.1, -0.05) is 13.0 Å². The van der Waals surface area contributed by atoms with Crippen LogP contribution in [0.4, 0.5) is 8.78 Å². The van der Waals surface area contributed by atoms with E-state index >= 15 is 0 Å². The van der Waals surface area contributed by atoms with Crippen molar-refractivity contribution >= 4 is 5.91 Å². The fraction of sp³-hybridized carbons (Fsp3) is 0.533. The molecule has 3 nitrogen and oxygen atoms in total. The van der Waals surface area contributed by atoms with Crippen molar-refractivity contribution in [3.05, 3.63) is 35.4 Å². The van der Waals surface area contributed by atoms with E-state index in [9.17, 15) is 13.6 Å². The third-order valence-electron chi connectivity index (χ3n) is 4.06. The zero-order valence-electron chi connectivity index (χ0n) is 11.8. The molecule has 2 N–H and O–H groups in total. The minimum absolute atomic E-state index is 0.0925. The maximum atomic E-state index is 13.7. The molecule has 1 fully saturated rings. The summed E-state index contributed by atoms with van der Waals surface area (Å²) >= 11 is 0. The molecule has 110 valence electrons. The summed E-state index contributed by atoms with van der Waals surface area (Å²) in [5, 5.41) is 5.94. The predicted molar refractivity (Wildman–Crippen MR) is 73.2 cm³/mol. The van der Waals surface area contributed by atoms with Crippen LogP contribution in [0.3, 0.4) is 0 Å². The molecule has 0 spiro atoms. The average Bonchev–Trinajstić information content (AvgIpc) is 2.88. The summed E-state index contributed by atoms with van der Waals surface area (Å²) in [7, 11) is 0. The lowest BCUT2D eigenvalue weighted by Crippen LogP contribution is -2.53. The van der Waals surface area contributed by atoms with Crippen molar-refractivity contribution in [2.75, 3.05) is 6.54 Å². The highest BCUT2D eigenvalue weighted by molar-refractivity contribution is 5.87. The first-order valence-corrected chi connectivity index (χ1v) is 7.00. The molecule has 2 rings (SSSR count). The van der Waals surface area contributed by atoms with Crippen molar-refractivity contribution < 1.29 is 13.6 Å². The summed E-state index contributed by atoms with van der Waals surface area (Å²) in [6, 6.07) is 3.01. The molecular weight excluding hydrogens is 262 g/mol. The molecule has 1 saturated heterocycles. The van der Waals surface area contributed by atoms with Gasteiger partial charge >= 0.3 is 0 Å². The van der Waals surface area contributed by atoms with Crippen LogP contribution >= 0.6 is 0 Å². The normalized spacial score (nSPS) is 23.6. The van der Waals surface area contributed by atoms with E-state index < -0.39 is 23.2 Å². The quantitative estimate of drug-likeness (QED) is 0.891. The monoisotopic (exact) mass is 282 g/mol. The SMILES string of the molecule is CCC1(C(=O)NC(C)c2c(F)cccc2F)CCCN1. The Bertz CT molecular complexity index is 478. The minimum Gasteiger partial charge on any atom is -0.348 e. The lowest BCUT2D eigenvalue weighted by Gasteiger charge is -2.29. The Balaban J connectivity index is 2.15. The van der Waals surface area contributed by atoms with Gasteiger partial charge in [0.2, 0.25) is 5.91 Å². The molecular formula is C15H20F2N2O. The second-order valence-electron chi connectivity index (χ2n) is 5.30. The van der Waals surface area contributed by atoms with Crippen molar-refractivity contribution in [3.8, 4) is 0 Å². The van der Waals surface area contributed by atoms with Gasteiger partial charge in [-0.25, -0.2) is 8.78 Å². The number of nitrogens with one attached hydrogen (secondary N) is 2. The zero-order chi connectivity index (χ0) is 14.8. The molecule has 0 saturated carbocycles. The van der Waals surface area contributed by atoms with Gasteiger partial charge in [-0.15, -0.1) is 0 Å². The Labute approximate surface area is 117 Å². The number of hydrogen-bond acceptors (Lipinski definition) is 2. The summed E-state index contributed by atoms with van der Waals surface area (Å²) in [6.45, 7) is 4.33. The second kappa shape index (κ2) is 5.87. The first-order valence-electron chi connectivity index (χ1n) is 7.00. The molecule has 1 amide bonds. The predicted octanol–water partition coefficient (Wildman–Crippen LogP) is 2.67. The lowest BCUT2D eigenvalue weighted by molar-refractivity contribution is -0.128. The van der Waals surface area contributed by atoms with Gasteiger partial charge < -0.3 is 10.6 Å². The van der Waals surface area contributed by atoms with E-state index in [1.165, 1.54) is 18.2 Å². The van der Waals surface area contributed by atoms with Gasteiger partial charge in [0.05, 0.1) is 11.6 Å². The van der Waals surface area contributed by atoms with E-state index in [4.69, 9.17) is 0 Å². The van der Waals surface area contributed by atoms with Crippen molar-refractivity contribution in [3.63, 3.8) is 0 Å². The number of halogens is 2. The highest BCUT2D eigenvalue weighted by Gasteiger charge is 2.39. The number of carbonyl (C=O) groups is 1. The highest BCUT2D eigenvalue weighted by Crippen LogP contribution is 2.26. The van der Waals surface area contributed by atoms with Gasteiger partial charge in [0.1, 0.15) is 11.6 Å². The standard InChI is InChI=1S/C15H20F2N2O/c1-3-15(8-5-9-18-15)14(20)19-10(2)13-11(16)6-4-7-12(13)17/h4,6-7,10,18H,3,5,8-9H2,1-2H3,(H,19,20). The Morgan fingerprint density at radius 1 is 1.45 bits per heavy atom. The molecule has 1 heterocycles. The molecule has 1 aliphatic heterocycles. The van der Waals surface area contributed by atoms with E-state index in [1.807, 2.05) is 6.92 Å². The van der Waals surface area contributed by atoms with Gasteiger partial charge in [0, 0.05) is 5.56 Å². The van der Waals surface area contributed by atoms with Crippen LogP contribution in [-0.2, 0) is 4.79 Å². The third kappa shape index (κ3) is 2.68. The Morgan fingerprint density at radius 2 is 2.10 bits per heavy atom. The van der Waals surface area contributed by atoms with Crippen LogP contribution in [0.15, 0.2) is 18.2 Å². The summed E-state index contributed by atoms with van der Waals surface area (Å²) in [4.78, 5) is 12.4. The van der Waals surface area contributed by atoms with Crippen LogP contribution < -0.4 is 10.6 Å². The summed E-state index contributed by atoms with van der Waals surface area (Å²) in [5.74, 6) is -1.46. The topological polar surface area (TPSA) is 41.1 Å². The Kier molecular flexibility index (Phi) is 4.38. The Morgan fingerprint density at radius 3 is 2.60 bits per heavy atom. The van der Waals surface area contributed by atoms with Crippen molar-refractivity contribution in [1.29, 1.82) is 0 Å². The maximum Gasteiger partial charge on any atom is 0.240 e. The summed E-state index contributed by atoms with van der Waals surface area (Å²) in [6.07, 6.45) is 2.34. The fourth-order valence-corrected chi connectivity index (χ4v) is 2.79. The van der Waals surface area contributed by atoms with Crippen LogP contribution in [0, 0.1) is 11.6 Å². The number of carbonyl (C=O) groups excluding carboxylic acids is 1. The Hall–Kier alpha value is -1.49. The van der Waals surface area contributed by atoms with Crippen LogP contribution in [0.5, 0.6) is 0 Å². The first kappa shape index (κ1) is 14.9. The molecule has 20 heavy (non-hydrogen) atoms. The number of amides is 1. The molecule has 2 unspecified atom stereocenters. The van der Waals surface area contributed by atoms with Crippen LogP contribution in [0.25, 0.3) is 0 Å². The molecule has 5 heteroatoms. The van der Waals surface area contributed by atoms with E-state index in [-0.39, 0.29) is 11.5 Å². The number of hydrogen-bond donors (Lipinski definition) is 2. The van der Waals surface area contributed by atoms with Crippen molar-refractivity contribution in [1.82, 2.24) is 10.6 Å². The lowest BCUT2D eigenvalue weighted by atomic mass is 9.92. The summed E-state index contributed by atoms with van der Waals surface area (Å²) < 4.78 is 27.4. The summed E-state index contributed by atoms with van der Waals surface area (Å²) in [5.41, 5.74) is -0.694. The van der Waals surface area contributed by atoms with Crippen molar-refractivity contribution in [2.24, 2.45) is 0 Å². The smallest absolute Gasteiger partial charge is 0.240 e. The van der Waals surface area contributed by atoms with Gasteiger partial charge in [0.15, 0.2) is 0 Å². The number of rotatable bonds is 4. The molecule has 0 bridgehead atoms. The molecule has 0 aromatic heterocycles. The molecule has 2 atom stereocenters. The van der Waals surface area contributed by atoms with E-state index in [0.29, 0.717) is 6.42 Å². The molecule has 0 aliphatic carbocycles.